The lowest BCUT2D eigenvalue weighted by atomic mass is 10.1. The zero-order valence-electron chi connectivity index (χ0n) is 8.03. The summed E-state index contributed by atoms with van der Waals surface area (Å²) in [5, 5.41) is 2.33. The molecule has 0 saturated carbocycles. The number of halogens is 1. The van der Waals surface area contributed by atoms with Crippen molar-refractivity contribution in [3.05, 3.63) is 40.7 Å². The zero-order valence-corrected chi connectivity index (χ0v) is 8.84. The summed E-state index contributed by atoms with van der Waals surface area (Å²) in [5.74, 6) is -0.293. The number of aromatic nitrogens is 1. The van der Waals surface area contributed by atoms with E-state index >= 15 is 0 Å². The summed E-state index contributed by atoms with van der Waals surface area (Å²) in [4.78, 5) is 14.6. The fourth-order valence-electron chi connectivity index (χ4n) is 1.29. The maximum Gasteiger partial charge on any atom is 0.169 e. The highest BCUT2D eigenvalue weighted by Crippen LogP contribution is 2.26. The van der Waals surface area contributed by atoms with E-state index in [9.17, 15) is 9.18 Å². The van der Waals surface area contributed by atoms with E-state index in [2.05, 4.69) is 4.98 Å². The normalized spacial score (nSPS) is 10.3. The maximum atomic E-state index is 13.0. The number of carbonyl (C=O) groups is 1. The third-order valence-electron chi connectivity index (χ3n) is 2.07. The van der Waals surface area contributed by atoms with Gasteiger partial charge in [0.1, 0.15) is 16.5 Å². The van der Waals surface area contributed by atoms with Crippen LogP contribution in [0, 0.1) is 12.7 Å². The predicted molar refractivity (Wildman–Crippen MR) is 57.6 cm³/mol. The molecule has 0 radical (unpaired) electrons. The van der Waals surface area contributed by atoms with E-state index in [1.54, 1.807) is 11.4 Å². The summed E-state index contributed by atoms with van der Waals surface area (Å²) >= 11 is 1.34. The van der Waals surface area contributed by atoms with Crippen molar-refractivity contribution in [1.29, 1.82) is 0 Å². The molecular weight excluding hydrogens is 213 g/mol. The lowest BCUT2D eigenvalue weighted by Gasteiger charge is -2.01. The van der Waals surface area contributed by atoms with Crippen molar-refractivity contribution in [2.75, 3.05) is 0 Å². The minimum atomic E-state index is -0.293. The first-order valence-corrected chi connectivity index (χ1v) is 5.26. The van der Waals surface area contributed by atoms with Gasteiger partial charge >= 0.3 is 0 Å². The number of nitrogens with zero attached hydrogens (tertiary/aromatic N) is 1. The van der Waals surface area contributed by atoms with Crippen LogP contribution < -0.4 is 0 Å². The van der Waals surface area contributed by atoms with Crippen LogP contribution in [0.5, 0.6) is 0 Å². The van der Waals surface area contributed by atoms with Gasteiger partial charge in [0.05, 0.1) is 0 Å². The van der Waals surface area contributed by atoms with Crippen LogP contribution in [0.15, 0.2) is 23.6 Å². The van der Waals surface area contributed by atoms with E-state index in [0.717, 1.165) is 11.1 Å². The minimum absolute atomic E-state index is 0.293. The lowest BCUT2D eigenvalue weighted by molar-refractivity contribution is 0.111. The Morgan fingerprint density at radius 2 is 2.27 bits per heavy atom. The quantitative estimate of drug-likeness (QED) is 0.729. The number of aldehydes is 1. The van der Waals surface area contributed by atoms with Gasteiger partial charge in [0, 0.05) is 10.9 Å². The average molecular weight is 221 g/mol. The van der Waals surface area contributed by atoms with Gasteiger partial charge in [-0.2, -0.15) is 0 Å². The van der Waals surface area contributed by atoms with Gasteiger partial charge in [-0.3, -0.25) is 4.79 Å². The number of rotatable bonds is 2. The topological polar surface area (TPSA) is 30.0 Å². The van der Waals surface area contributed by atoms with Crippen molar-refractivity contribution in [2.45, 2.75) is 6.92 Å². The minimum Gasteiger partial charge on any atom is -0.296 e. The summed E-state index contributed by atoms with van der Waals surface area (Å²) in [6.45, 7) is 1.89. The molecule has 1 aromatic heterocycles. The third-order valence-corrected chi connectivity index (χ3v) is 2.97. The molecule has 0 N–H and O–H groups in total. The predicted octanol–water partition coefficient (Wildman–Crippen LogP) is 3.07. The van der Waals surface area contributed by atoms with Crippen LogP contribution in [0.2, 0.25) is 0 Å². The fourth-order valence-corrected chi connectivity index (χ4v) is 2.13. The molecule has 4 heteroatoms. The molecule has 0 fully saturated rings. The van der Waals surface area contributed by atoms with E-state index in [-0.39, 0.29) is 5.82 Å². The monoisotopic (exact) mass is 221 g/mol. The van der Waals surface area contributed by atoms with Crippen LogP contribution >= 0.6 is 11.3 Å². The molecule has 0 aliphatic carbocycles. The molecule has 1 heterocycles. The lowest BCUT2D eigenvalue weighted by Crippen LogP contribution is -1.85. The van der Waals surface area contributed by atoms with Gasteiger partial charge in [-0.15, -0.1) is 11.3 Å². The first-order chi connectivity index (χ1) is 7.20. The van der Waals surface area contributed by atoms with Gasteiger partial charge in [-0.25, -0.2) is 9.37 Å². The number of hydrogen-bond donors (Lipinski definition) is 0. The van der Waals surface area contributed by atoms with Crippen LogP contribution in [-0.2, 0) is 0 Å². The van der Waals surface area contributed by atoms with Crippen molar-refractivity contribution in [1.82, 2.24) is 4.98 Å². The molecule has 15 heavy (non-hydrogen) atoms. The molecule has 0 saturated heterocycles. The molecular formula is C11H8FNOS. The Hall–Kier alpha value is -1.55. The van der Waals surface area contributed by atoms with E-state index in [1.807, 2.05) is 6.92 Å². The molecule has 1 aromatic carbocycles. The molecule has 0 unspecified atom stereocenters. The molecule has 0 amide bonds. The molecule has 76 valence electrons. The number of aryl methyl sites for hydroxylation is 1. The van der Waals surface area contributed by atoms with Crippen LogP contribution in [0.3, 0.4) is 0 Å². The van der Waals surface area contributed by atoms with Crippen molar-refractivity contribution >= 4 is 17.6 Å². The van der Waals surface area contributed by atoms with E-state index in [4.69, 9.17) is 0 Å². The van der Waals surface area contributed by atoms with Crippen molar-refractivity contribution < 1.29 is 9.18 Å². The Balaban J connectivity index is 2.52. The maximum absolute atomic E-state index is 13.0. The van der Waals surface area contributed by atoms with E-state index < -0.39 is 0 Å². The average Bonchev–Trinajstić information content (AvgIpc) is 2.70. The van der Waals surface area contributed by atoms with Crippen LogP contribution in [0.4, 0.5) is 4.39 Å². The molecule has 0 bridgehead atoms. The highest BCUT2D eigenvalue weighted by atomic mass is 32.1. The Morgan fingerprint density at radius 3 is 2.93 bits per heavy atom. The second-order valence-electron chi connectivity index (χ2n) is 3.15. The first-order valence-electron chi connectivity index (χ1n) is 4.38. The highest BCUT2D eigenvalue weighted by molar-refractivity contribution is 7.13. The van der Waals surface area contributed by atoms with Gasteiger partial charge in [-0.05, 0) is 24.6 Å². The van der Waals surface area contributed by atoms with Crippen molar-refractivity contribution in [2.24, 2.45) is 0 Å². The summed E-state index contributed by atoms with van der Waals surface area (Å²) in [5.41, 5.74) is 2.08. The largest absolute Gasteiger partial charge is 0.296 e. The number of benzene rings is 1. The van der Waals surface area contributed by atoms with E-state index in [1.165, 1.54) is 23.5 Å². The Kier molecular flexibility index (Phi) is 2.60. The standard InChI is InChI=1S/C11H8FNOS/c1-7-2-3-8(12)4-10(7)11-13-9(5-14)6-15-11/h2-6H,1H3. The van der Waals surface area contributed by atoms with Gasteiger partial charge in [0.25, 0.3) is 0 Å². The van der Waals surface area contributed by atoms with Crippen molar-refractivity contribution in [3.63, 3.8) is 0 Å². The van der Waals surface area contributed by atoms with Crippen LogP contribution in [-0.4, -0.2) is 11.3 Å². The van der Waals surface area contributed by atoms with Gasteiger partial charge < -0.3 is 0 Å². The summed E-state index contributed by atoms with van der Waals surface area (Å²) in [7, 11) is 0. The zero-order chi connectivity index (χ0) is 10.8. The van der Waals surface area contributed by atoms with Gasteiger partial charge in [0.15, 0.2) is 6.29 Å². The highest BCUT2D eigenvalue weighted by Gasteiger charge is 2.07. The molecule has 2 rings (SSSR count). The first kappa shape index (κ1) is 9.98. The van der Waals surface area contributed by atoms with Gasteiger partial charge in [-0.1, -0.05) is 6.07 Å². The molecule has 0 spiro atoms. The molecule has 0 aliphatic heterocycles. The van der Waals surface area contributed by atoms with Crippen LogP contribution in [0.25, 0.3) is 10.6 Å². The fraction of sp³-hybridized carbons (Fsp3) is 0.0909. The summed E-state index contributed by atoms with van der Waals surface area (Å²) in [6.07, 6.45) is 0.689. The molecule has 2 nitrogen and oxygen atoms in total. The van der Waals surface area contributed by atoms with Crippen LogP contribution in [0.1, 0.15) is 16.1 Å². The van der Waals surface area contributed by atoms with E-state index in [0.29, 0.717) is 17.0 Å². The SMILES string of the molecule is Cc1ccc(F)cc1-c1nc(C=O)cs1. The molecule has 2 aromatic rings. The second-order valence-corrected chi connectivity index (χ2v) is 4.01. The summed E-state index contributed by atoms with van der Waals surface area (Å²) < 4.78 is 13.0. The Labute approximate surface area is 90.4 Å². The smallest absolute Gasteiger partial charge is 0.169 e. The molecule has 0 atom stereocenters. The Bertz CT molecular complexity index is 507. The number of carbonyl (C=O) groups excluding carboxylic acids is 1. The summed E-state index contributed by atoms with van der Waals surface area (Å²) in [6, 6.07) is 4.54. The second kappa shape index (κ2) is 3.90. The molecule has 0 aliphatic rings. The van der Waals surface area contributed by atoms with Crippen molar-refractivity contribution in [3.8, 4) is 10.6 Å². The number of hydrogen-bond acceptors (Lipinski definition) is 3. The number of thiazole rings is 1. The third kappa shape index (κ3) is 1.94. The van der Waals surface area contributed by atoms with Gasteiger partial charge in [0.2, 0.25) is 0 Å². The Morgan fingerprint density at radius 1 is 1.47 bits per heavy atom.